The number of fused-ring (bicyclic) bond motifs is 1. The van der Waals surface area contributed by atoms with Gasteiger partial charge < -0.3 is 9.47 Å². The van der Waals surface area contributed by atoms with Gasteiger partial charge in [0.2, 0.25) is 5.75 Å². The van der Waals surface area contributed by atoms with E-state index in [1.54, 1.807) is 0 Å². The Morgan fingerprint density at radius 3 is 2.56 bits per heavy atom. The van der Waals surface area contributed by atoms with Crippen molar-refractivity contribution >= 4 is 20.7 Å². The number of hydrogen-bond donors (Lipinski definition) is 0. The van der Waals surface area contributed by atoms with Crippen LogP contribution in [0.15, 0.2) is 18.2 Å². The Labute approximate surface area is 99.5 Å². The summed E-state index contributed by atoms with van der Waals surface area (Å²) in [6.45, 7) is 7.75. The van der Waals surface area contributed by atoms with Gasteiger partial charge in [0.1, 0.15) is 18.5 Å². The first-order chi connectivity index (χ1) is 7.50. The molecule has 16 heavy (non-hydrogen) atoms. The van der Waals surface area contributed by atoms with Gasteiger partial charge in [0.15, 0.2) is 5.75 Å². The monoisotopic (exact) mass is 235 g/mol. The van der Waals surface area contributed by atoms with Crippen LogP contribution in [0, 0.1) is 0 Å². The van der Waals surface area contributed by atoms with Gasteiger partial charge in [0.25, 0.3) is 0 Å². The van der Waals surface area contributed by atoms with E-state index in [1.807, 2.05) is 12.1 Å². The standard InChI is InChI=1S/C12H17BO2P/c1-12(2,3)16(13)10-6-4-5-9-11(10)15-8-7-14-9/h4-6,16H,7-8H2,1-3H3/q+1. The molecule has 2 rings (SSSR count). The molecule has 2 nitrogen and oxygen atoms in total. The van der Waals surface area contributed by atoms with Gasteiger partial charge in [0, 0.05) is 0 Å². The van der Waals surface area contributed by atoms with Gasteiger partial charge in [-0.3, -0.25) is 0 Å². The summed E-state index contributed by atoms with van der Waals surface area (Å²) in [6, 6.07) is 6.00. The Balaban J connectivity index is 2.41. The van der Waals surface area contributed by atoms with Crippen molar-refractivity contribution in [3.05, 3.63) is 18.2 Å². The predicted octanol–water partition coefficient (Wildman–Crippen LogP) is 2.18. The highest BCUT2D eigenvalue weighted by atomic mass is 31.1. The van der Waals surface area contributed by atoms with Crippen LogP contribution in [-0.2, 0) is 0 Å². The maximum atomic E-state index is 6.36. The van der Waals surface area contributed by atoms with Crippen molar-refractivity contribution in [3.8, 4) is 11.5 Å². The molecule has 1 aromatic rings. The highest BCUT2D eigenvalue weighted by molar-refractivity contribution is 7.89. The molecule has 0 spiro atoms. The molecule has 1 aromatic carbocycles. The lowest BCUT2D eigenvalue weighted by Gasteiger charge is -2.25. The maximum absolute atomic E-state index is 6.36. The lowest BCUT2D eigenvalue weighted by atomic mass is 10.2. The SMILES string of the molecule is [B][PH+](c1cccc2c1OCCO2)C(C)(C)C. The van der Waals surface area contributed by atoms with Crippen molar-refractivity contribution in [2.75, 3.05) is 13.2 Å². The third-order valence-electron chi connectivity index (χ3n) is 2.66. The Morgan fingerprint density at radius 1 is 1.19 bits per heavy atom. The normalized spacial score (nSPS) is 16.9. The molecule has 0 aliphatic carbocycles. The van der Waals surface area contributed by atoms with Crippen molar-refractivity contribution in [1.29, 1.82) is 0 Å². The van der Waals surface area contributed by atoms with Crippen molar-refractivity contribution < 1.29 is 9.47 Å². The van der Waals surface area contributed by atoms with E-state index in [0.29, 0.717) is 13.2 Å². The minimum absolute atomic E-state index is 0.112. The van der Waals surface area contributed by atoms with Crippen LogP contribution in [0.5, 0.6) is 11.5 Å². The first-order valence-electron chi connectivity index (χ1n) is 5.52. The smallest absolute Gasteiger partial charge is 0.369 e. The molecule has 0 amide bonds. The molecule has 1 atom stereocenters. The summed E-state index contributed by atoms with van der Waals surface area (Å²) in [6.07, 6.45) is 0. The number of hydrogen-bond acceptors (Lipinski definition) is 2. The third kappa shape index (κ3) is 2.20. The van der Waals surface area contributed by atoms with Gasteiger partial charge in [-0.25, -0.2) is 0 Å². The predicted molar refractivity (Wildman–Crippen MR) is 70.9 cm³/mol. The third-order valence-corrected chi connectivity index (χ3v) is 5.25. The van der Waals surface area contributed by atoms with Crippen LogP contribution in [-0.4, -0.2) is 25.9 Å². The van der Waals surface area contributed by atoms with E-state index in [9.17, 15) is 0 Å². The minimum atomic E-state index is -1.13. The van der Waals surface area contributed by atoms with Gasteiger partial charge in [-0.15, -0.1) is 0 Å². The summed E-state index contributed by atoms with van der Waals surface area (Å²) in [7, 11) is 5.23. The van der Waals surface area contributed by atoms with E-state index < -0.39 is 7.80 Å². The zero-order valence-corrected chi connectivity index (χ0v) is 11.0. The lowest BCUT2D eigenvalue weighted by molar-refractivity contribution is 0.173. The van der Waals surface area contributed by atoms with Gasteiger partial charge >= 0.3 is 7.57 Å². The molecule has 0 saturated carbocycles. The first-order valence-corrected chi connectivity index (χ1v) is 7.10. The maximum Gasteiger partial charge on any atom is 0.369 e. The molecule has 0 aromatic heterocycles. The molecule has 1 unspecified atom stereocenters. The molecule has 0 saturated heterocycles. The van der Waals surface area contributed by atoms with E-state index in [1.165, 1.54) is 0 Å². The van der Waals surface area contributed by atoms with Gasteiger partial charge in [-0.1, -0.05) is 6.07 Å². The molecular formula is C12H17BO2P+. The second kappa shape index (κ2) is 4.29. The van der Waals surface area contributed by atoms with E-state index in [4.69, 9.17) is 17.0 Å². The summed E-state index contributed by atoms with van der Waals surface area (Å²) in [5.41, 5.74) is 0. The fraction of sp³-hybridized carbons (Fsp3) is 0.500. The highest BCUT2D eigenvalue weighted by Gasteiger charge is 2.33. The zero-order valence-electron chi connectivity index (χ0n) is 10.0. The Hall–Kier alpha value is -0.685. The second-order valence-corrected chi connectivity index (χ2v) is 7.86. The summed E-state index contributed by atoms with van der Waals surface area (Å²) in [5, 5.41) is 1.25. The Morgan fingerprint density at radius 2 is 1.88 bits per heavy atom. The zero-order chi connectivity index (χ0) is 11.8. The van der Waals surface area contributed by atoms with Crippen molar-refractivity contribution in [3.63, 3.8) is 0 Å². The second-order valence-electron chi connectivity index (χ2n) is 4.99. The van der Waals surface area contributed by atoms with Crippen LogP contribution in [0.2, 0.25) is 0 Å². The highest BCUT2D eigenvalue weighted by Crippen LogP contribution is 2.48. The van der Waals surface area contributed by atoms with Crippen LogP contribution in [0.25, 0.3) is 0 Å². The molecule has 0 bridgehead atoms. The fourth-order valence-electron chi connectivity index (χ4n) is 1.69. The molecule has 0 fully saturated rings. The lowest BCUT2D eigenvalue weighted by Crippen LogP contribution is -2.25. The van der Waals surface area contributed by atoms with E-state index in [2.05, 4.69) is 26.8 Å². The van der Waals surface area contributed by atoms with E-state index in [0.717, 1.165) is 16.8 Å². The number of ether oxygens (including phenoxy) is 2. The fourth-order valence-corrected chi connectivity index (χ4v) is 3.21. The number of para-hydroxylation sites is 1. The average Bonchev–Trinajstić information content (AvgIpc) is 2.26. The molecule has 2 radical (unpaired) electrons. The summed E-state index contributed by atoms with van der Waals surface area (Å²) in [4.78, 5) is 0. The van der Waals surface area contributed by atoms with Crippen LogP contribution in [0.4, 0.5) is 0 Å². The first kappa shape index (κ1) is 11.8. The molecule has 84 valence electrons. The van der Waals surface area contributed by atoms with Gasteiger partial charge in [-0.2, -0.15) is 0 Å². The van der Waals surface area contributed by atoms with E-state index in [-0.39, 0.29) is 5.16 Å². The van der Waals surface area contributed by atoms with Crippen LogP contribution < -0.4 is 14.8 Å². The topological polar surface area (TPSA) is 18.5 Å². The summed E-state index contributed by atoms with van der Waals surface area (Å²) in [5.74, 6) is 1.70. The molecule has 0 N–H and O–H groups in total. The van der Waals surface area contributed by atoms with Crippen LogP contribution >= 0.6 is 7.80 Å². The number of benzene rings is 1. The van der Waals surface area contributed by atoms with Crippen LogP contribution in [0.1, 0.15) is 20.8 Å². The summed E-state index contributed by atoms with van der Waals surface area (Å²) >= 11 is 0. The van der Waals surface area contributed by atoms with Crippen LogP contribution in [0.3, 0.4) is 0 Å². The van der Waals surface area contributed by atoms with Gasteiger partial charge in [0.05, 0.1) is 5.16 Å². The Bertz CT molecular complexity index is 387. The molecule has 4 heteroatoms. The number of rotatable bonds is 1. The Kier molecular flexibility index (Phi) is 3.16. The largest absolute Gasteiger partial charge is 0.486 e. The van der Waals surface area contributed by atoms with Crippen molar-refractivity contribution in [2.24, 2.45) is 0 Å². The molecule has 1 aliphatic heterocycles. The minimum Gasteiger partial charge on any atom is -0.486 e. The van der Waals surface area contributed by atoms with Crippen molar-refractivity contribution in [2.45, 2.75) is 25.9 Å². The molecular weight excluding hydrogens is 218 g/mol. The molecule has 1 aliphatic rings. The van der Waals surface area contributed by atoms with Gasteiger partial charge in [-0.05, 0) is 40.7 Å². The summed E-state index contributed by atoms with van der Waals surface area (Å²) < 4.78 is 11.3. The molecule has 1 heterocycles. The van der Waals surface area contributed by atoms with E-state index >= 15 is 0 Å². The quantitative estimate of drug-likeness (QED) is 0.548. The average molecular weight is 235 g/mol. The van der Waals surface area contributed by atoms with Crippen molar-refractivity contribution in [1.82, 2.24) is 0 Å².